The first-order chi connectivity index (χ1) is 9.38. The van der Waals surface area contributed by atoms with Gasteiger partial charge in [-0.3, -0.25) is 4.79 Å². The van der Waals surface area contributed by atoms with Gasteiger partial charge in [0, 0.05) is 11.6 Å². The van der Waals surface area contributed by atoms with Crippen LogP contribution in [0.4, 0.5) is 13.2 Å². The Balaban J connectivity index is 2.15. The van der Waals surface area contributed by atoms with Gasteiger partial charge in [-0.15, -0.1) is 0 Å². The van der Waals surface area contributed by atoms with Crippen LogP contribution in [-0.2, 0) is 9.53 Å². The molecule has 1 N–H and O–H groups in total. The molecule has 0 unspecified atom stereocenters. The average Bonchev–Trinajstić information content (AvgIpc) is 2.89. The molecule has 1 heterocycles. The van der Waals surface area contributed by atoms with Crippen LogP contribution < -0.4 is 5.32 Å². The molecule has 1 aliphatic heterocycles. The normalized spacial score (nSPS) is 20.7. The number of carbonyl (C=O) groups is 1. The average molecular weight is 308 g/mol. The largest absolute Gasteiger partial charge is 0.412 e. The molecule has 0 saturated carbocycles. The van der Waals surface area contributed by atoms with E-state index in [1.807, 2.05) is 5.32 Å². The molecule has 1 aromatic carbocycles. The van der Waals surface area contributed by atoms with Crippen LogP contribution in [-0.4, -0.2) is 25.3 Å². The maximum absolute atomic E-state index is 13.1. The molecule has 110 valence electrons. The SMILES string of the molecule is O=C(N[C@H](c1ccc(Cl)cc1)C(F)(F)F)[C@H]1CCOC1. The van der Waals surface area contributed by atoms with Crippen LogP contribution in [0.25, 0.3) is 0 Å². The third-order valence-electron chi connectivity index (χ3n) is 3.12. The molecular weight excluding hydrogens is 295 g/mol. The van der Waals surface area contributed by atoms with E-state index in [0.29, 0.717) is 18.1 Å². The molecule has 20 heavy (non-hydrogen) atoms. The zero-order valence-corrected chi connectivity index (χ0v) is 11.2. The van der Waals surface area contributed by atoms with Gasteiger partial charge in [0.25, 0.3) is 0 Å². The van der Waals surface area contributed by atoms with E-state index < -0.39 is 24.0 Å². The summed E-state index contributed by atoms with van der Waals surface area (Å²) in [5.41, 5.74) is -0.0471. The highest BCUT2D eigenvalue weighted by molar-refractivity contribution is 6.30. The topological polar surface area (TPSA) is 38.3 Å². The molecule has 0 radical (unpaired) electrons. The second-order valence-electron chi connectivity index (χ2n) is 4.60. The Bertz CT molecular complexity index is 469. The van der Waals surface area contributed by atoms with E-state index in [2.05, 4.69) is 0 Å². The van der Waals surface area contributed by atoms with E-state index in [1.165, 1.54) is 24.3 Å². The minimum atomic E-state index is -4.57. The molecule has 0 bridgehead atoms. The molecule has 0 aliphatic carbocycles. The first kappa shape index (κ1) is 15.1. The van der Waals surface area contributed by atoms with Crippen LogP contribution in [0, 0.1) is 5.92 Å². The van der Waals surface area contributed by atoms with Crippen molar-refractivity contribution < 1.29 is 22.7 Å². The second-order valence-corrected chi connectivity index (χ2v) is 5.03. The lowest BCUT2D eigenvalue weighted by Crippen LogP contribution is -2.41. The van der Waals surface area contributed by atoms with Crippen molar-refractivity contribution in [3.8, 4) is 0 Å². The van der Waals surface area contributed by atoms with Crippen LogP contribution in [0.2, 0.25) is 5.02 Å². The summed E-state index contributed by atoms with van der Waals surface area (Å²) in [5.74, 6) is -1.16. The van der Waals surface area contributed by atoms with Gasteiger partial charge in [-0.2, -0.15) is 13.2 Å². The monoisotopic (exact) mass is 307 g/mol. The van der Waals surface area contributed by atoms with Crippen molar-refractivity contribution in [3.63, 3.8) is 0 Å². The van der Waals surface area contributed by atoms with Crippen LogP contribution in [0.15, 0.2) is 24.3 Å². The first-order valence-corrected chi connectivity index (χ1v) is 6.46. The number of amides is 1. The quantitative estimate of drug-likeness (QED) is 0.932. The summed E-state index contributed by atoms with van der Waals surface area (Å²) < 4.78 is 44.2. The van der Waals surface area contributed by atoms with Crippen LogP contribution in [0.1, 0.15) is 18.0 Å². The summed E-state index contributed by atoms with van der Waals surface area (Å²) in [6.45, 7) is 0.562. The number of carbonyl (C=O) groups excluding carboxylic acids is 1. The molecule has 1 amide bonds. The number of nitrogens with one attached hydrogen (secondary N) is 1. The Morgan fingerprint density at radius 3 is 2.50 bits per heavy atom. The Morgan fingerprint density at radius 1 is 1.35 bits per heavy atom. The molecule has 1 fully saturated rings. The summed E-state index contributed by atoms with van der Waals surface area (Å²) in [7, 11) is 0. The Kier molecular flexibility index (Phi) is 4.55. The van der Waals surface area contributed by atoms with Gasteiger partial charge in [-0.05, 0) is 24.1 Å². The number of ether oxygens (including phenoxy) is 1. The number of alkyl halides is 3. The molecule has 0 aromatic heterocycles. The minimum Gasteiger partial charge on any atom is -0.381 e. The zero-order chi connectivity index (χ0) is 14.8. The van der Waals surface area contributed by atoms with Crippen molar-refractivity contribution in [1.29, 1.82) is 0 Å². The minimum absolute atomic E-state index is 0.0471. The van der Waals surface area contributed by atoms with Gasteiger partial charge >= 0.3 is 6.18 Å². The fourth-order valence-corrected chi connectivity index (χ4v) is 2.14. The number of rotatable bonds is 3. The van der Waals surface area contributed by atoms with E-state index in [1.54, 1.807) is 0 Å². The summed E-state index contributed by atoms with van der Waals surface area (Å²) in [6.07, 6.45) is -4.13. The summed E-state index contributed by atoms with van der Waals surface area (Å²) in [6, 6.07) is 3.20. The lowest BCUT2D eigenvalue weighted by atomic mass is 10.0. The predicted molar refractivity (Wildman–Crippen MR) is 67.3 cm³/mol. The lowest BCUT2D eigenvalue weighted by molar-refractivity contribution is -0.164. The highest BCUT2D eigenvalue weighted by Gasteiger charge is 2.42. The number of hydrogen-bond donors (Lipinski definition) is 1. The molecule has 3 nitrogen and oxygen atoms in total. The summed E-state index contributed by atoms with van der Waals surface area (Å²) in [5, 5.41) is 2.39. The summed E-state index contributed by atoms with van der Waals surface area (Å²) >= 11 is 5.65. The van der Waals surface area contributed by atoms with Gasteiger partial charge in [-0.25, -0.2) is 0 Å². The van der Waals surface area contributed by atoms with Crippen molar-refractivity contribution >= 4 is 17.5 Å². The van der Waals surface area contributed by atoms with Gasteiger partial charge in [0.1, 0.15) is 0 Å². The number of hydrogen-bond acceptors (Lipinski definition) is 2. The van der Waals surface area contributed by atoms with Crippen molar-refractivity contribution in [1.82, 2.24) is 5.32 Å². The van der Waals surface area contributed by atoms with E-state index in [4.69, 9.17) is 16.3 Å². The van der Waals surface area contributed by atoms with Crippen molar-refractivity contribution in [2.75, 3.05) is 13.2 Å². The van der Waals surface area contributed by atoms with Gasteiger partial charge < -0.3 is 10.1 Å². The fourth-order valence-electron chi connectivity index (χ4n) is 2.01. The maximum atomic E-state index is 13.1. The fraction of sp³-hybridized carbons (Fsp3) is 0.462. The molecule has 2 rings (SSSR count). The van der Waals surface area contributed by atoms with Crippen molar-refractivity contribution in [2.24, 2.45) is 5.92 Å². The van der Waals surface area contributed by atoms with Gasteiger partial charge in [0.15, 0.2) is 6.04 Å². The summed E-state index contributed by atoms with van der Waals surface area (Å²) in [4.78, 5) is 11.8. The van der Waals surface area contributed by atoms with E-state index in [9.17, 15) is 18.0 Å². The molecule has 0 spiro atoms. The molecular formula is C13H13ClF3NO2. The standard InChI is InChI=1S/C13H13ClF3NO2/c14-10-3-1-8(2-4-10)11(13(15,16)17)18-12(19)9-5-6-20-7-9/h1-4,9,11H,5-7H2,(H,18,19)/t9-,11+/m0/s1. The van der Waals surface area contributed by atoms with E-state index in [0.717, 1.165) is 0 Å². The predicted octanol–water partition coefficient (Wildman–Crippen LogP) is 3.10. The third-order valence-corrected chi connectivity index (χ3v) is 3.37. The smallest absolute Gasteiger partial charge is 0.381 e. The van der Waals surface area contributed by atoms with E-state index >= 15 is 0 Å². The second kappa shape index (κ2) is 6.01. The lowest BCUT2D eigenvalue weighted by Gasteiger charge is -2.23. The molecule has 2 atom stereocenters. The number of benzene rings is 1. The maximum Gasteiger partial charge on any atom is 0.412 e. The molecule has 7 heteroatoms. The molecule has 1 aromatic rings. The Hall–Kier alpha value is -1.27. The molecule has 1 saturated heterocycles. The van der Waals surface area contributed by atoms with E-state index in [-0.39, 0.29) is 12.2 Å². The highest BCUT2D eigenvalue weighted by Crippen LogP contribution is 2.33. The zero-order valence-electron chi connectivity index (χ0n) is 10.4. The number of halogens is 4. The van der Waals surface area contributed by atoms with Crippen LogP contribution in [0.5, 0.6) is 0 Å². The van der Waals surface area contributed by atoms with Crippen LogP contribution >= 0.6 is 11.6 Å². The molecule has 1 aliphatic rings. The Morgan fingerprint density at radius 2 is 2.00 bits per heavy atom. The van der Waals surface area contributed by atoms with Crippen molar-refractivity contribution in [2.45, 2.75) is 18.6 Å². The Labute approximate surface area is 119 Å². The highest BCUT2D eigenvalue weighted by atomic mass is 35.5. The van der Waals surface area contributed by atoms with Gasteiger partial charge in [0.2, 0.25) is 5.91 Å². The van der Waals surface area contributed by atoms with Gasteiger partial charge in [-0.1, -0.05) is 23.7 Å². The first-order valence-electron chi connectivity index (χ1n) is 6.08. The third kappa shape index (κ3) is 3.64. The van der Waals surface area contributed by atoms with Crippen molar-refractivity contribution in [3.05, 3.63) is 34.9 Å². The van der Waals surface area contributed by atoms with Crippen LogP contribution in [0.3, 0.4) is 0 Å². The van der Waals surface area contributed by atoms with Gasteiger partial charge in [0.05, 0.1) is 12.5 Å².